The summed E-state index contributed by atoms with van der Waals surface area (Å²) in [6.45, 7) is 5.01. The molecule has 0 spiro atoms. The number of thiol groups is 1. The van der Waals surface area contributed by atoms with Gasteiger partial charge in [0.25, 0.3) is 0 Å². The van der Waals surface area contributed by atoms with Crippen LogP contribution in [0.5, 0.6) is 0 Å². The van der Waals surface area contributed by atoms with E-state index in [2.05, 4.69) is 10.6 Å². The molecule has 0 aliphatic rings. The van der Waals surface area contributed by atoms with Crippen molar-refractivity contribution in [1.29, 1.82) is 0 Å². The first-order chi connectivity index (χ1) is 11.6. The molecule has 0 aromatic heterocycles. The maximum atomic E-state index is 11.7. The lowest BCUT2D eigenvalue weighted by molar-refractivity contribution is -0.137. The van der Waals surface area contributed by atoms with Crippen molar-refractivity contribution in [1.82, 2.24) is 10.6 Å². The van der Waals surface area contributed by atoms with E-state index in [0.29, 0.717) is 29.4 Å². The molecule has 0 aromatic carbocycles. The van der Waals surface area contributed by atoms with E-state index >= 15 is 0 Å². The Hall–Kier alpha value is -1.42. The minimum Gasteiger partial charge on any atom is -0.501 e. The molecular formula is C16H30N2O6S. The van der Waals surface area contributed by atoms with Gasteiger partial charge in [-0.05, 0) is 6.92 Å². The third kappa shape index (κ3) is 10.2. The molecule has 9 heteroatoms. The summed E-state index contributed by atoms with van der Waals surface area (Å²) in [4.78, 5) is 23.4. The number of hydrogen-bond acceptors (Lipinski definition) is 5. The molecule has 2 amide bonds. The molecule has 0 aromatic rings. The second-order valence-corrected chi connectivity index (χ2v) is 7.36. The SMILES string of the molecule is CO/C(C)=C\C(O)=[SH]\CCNC(=O)CCNC(=O)[C@H](O)C(C)(C)CO. The van der Waals surface area contributed by atoms with Gasteiger partial charge in [0.05, 0.1) is 24.5 Å². The van der Waals surface area contributed by atoms with Crippen LogP contribution in [-0.4, -0.2) is 70.8 Å². The molecule has 5 N–H and O–H groups in total. The van der Waals surface area contributed by atoms with Gasteiger partial charge in [0, 0.05) is 36.8 Å². The summed E-state index contributed by atoms with van der Waals surface area (Å²) in [7, 11) is 1.51. The zero-order valence-corrected chi connectivity index (χ0v) is 16.1. The molecule has 0 fully saturated rings. The number of hydrogen-bond donors (Lipinski definition) is 6. The van der Waals surface area contributed by atoms with Crippen molar-refractivity contribution < 1.29 is 29.6 Å². The number of amides is 2. The predicted molar refractivity (Wildman–Crippen MR) is 99.8 cm³/mol. The average Bonchev–Trinajstić information content (AvgIpc) is 2.57. The lowest BCUT2D eigenvalue weighted by atomic mass is 9.87. The Kier molecular flexibility index (Phi) is 11.3. The molecule has 146 valence electrons. The number of allylic oxidation sites excluding steroid dienone is 1. The largest absolute Gasteiger partial charge is 0.501 e. The number of ether oxygens (including phenoxy) is 1. The molecule has 0 radical (unpaired) electrons. The van der Waals surface area contributed by atoms with E-state index in [1.807, 2.05) is 0 Å². The quantitative estimate of drug-likeness (QED) is 0.0962. The van der Waals surface area contributed by atoms with E-state index in [0.717, 1.165) is 0 Å². The van der Waals surface area contributed by atoms with Crippen LogP contribution in [0.1, 0.15) is 27.2 Å². The molecule has 0 saturated heterocycles. The second kappa shape index (κ2) is 12.0. The fraction of sp³-hybridized carbons (Fsp3) is 0.688. The maximum Gasteiger partial charge on any atom is 0.249 e. The van der Waals surface area contributed by atoms with E-state index in [-0.39, 0.29) is 30.5 Å². The minimum absolute atomic E-state index is 0.0767. The Bertz CT molecular complexity index is 505. The molecule has 0 bridgehead atoms. The van der Waals surface area contributed by atoms with Crippen LogP contribution in [0.4, 0.5) is 0 Å². The summed E-state index contributed by atoms with van der Waals surface area (Å²) in [6.07, 6.45) is 0.243. The van der Waals surface area contributed by atoms with E-state index in [1.165, 1.54) is 13.2 Å². The molecular weight excluding hydrogens is 348 g/mol. The summed E-state index contributed by atoms with van der Waals surface area (Å²) in [6, 6.07) is 0. The number of aliphatic hydroxyl groups excluding tert-OH is 3. The first-order valence-electron chi connectivity index (χ1n) is 7.93. The number of carbonyl (C=O) groups excluding carboxylic acids is 2. The zero-order chi connectivity index (χ0) is 19.5. The van der Waals surface area contributed by atoms with Crippen molar-refractivity contribution >= 4 is 28.2 Å². The van der Waals surface area contributed by atoms with Crippen LogP contribution in [0, 0.1) is 5.41 Å². The lowest BCUT2D eigenvalue weighted by Gasteiger charge is -2.27. The molecule has 0 saturated carbocycles. The summed E-state index contributed by atoms with van der Waals surface area (Å²) >= 11 is 0.669. The summed E-state index contributed by atoms with van der Waals surface area (Å²) in [5, 5.41) is 33.8. The highest BCUT2D eigenvalue weighted by molar-refractivity contribution is 7.98. The minimum atomic E-state index is -1.35. The van der Waals surface area contributed by atoms with Gasteiger partial charge in [0.1, 0.15) is 6.10 Å². The van der Waals surface area contributed by atoms with Gasteiger partial charge in [-0.15, -0.1) is 0 Å². The molecule has 0 heterocycles. The fourth-order valence-electron chi connectivity index (χ4n) is 1.58. The fourth-order valence-corrected chi connectivity index (χ4v) is 2.30. The molecule has 0 aliphatic heterocycles. The Balaban J connectivity index is 4.03. The van der Waals surface area contributed by atoms with Crippen LogP contribution < -0.4 is 10.6 Å². The number of rotatable bonds is 11. The first-order valence-corrected chi connectivity index (χ1v) is 9.01. The standard InChI is InChI=1S/C16H30N2O6S/c1-11(24-4)9-13(21)25-8-7-17-12(20)5-6-18-15(23)14(22)16(2,3)10-19/h9,14,19,21-22,25H,5-8,10H2,1-4H3,(H,17,20)(H,18,23)/b11-9-/t14-/m0/s1. The van der Waals surface area contributed by atoms with Crippen LogP contribution >= 0.6 is 11.4 Å². The zero-order valence-electron chi connectivity index (χ0n) is 15.2. The predicted octanol–water partition coefficient (Wildman–Crippen LogP) is -0.308. The topological polar surface area (TPSA) is 128 Å². The maximum absolute atomic E-state index is 11.7. The van der Waals surface area contributed by atoms with Crippen molar-refractivity contribution in [3.63, 3.8) is 0 Å². The van der Waals surface area contributed by atoms with E-state index < -0.39 is 17.4 Å². The normalized spacial score (nSPS) is 14.4. The number of methoxy groups -OCH3 is 1. The van der Waals surface area contributed by atoms with Gasteiger partial charge in [0.15, 0.2) is 0 Å². The van der Waals surface area contributed by atoms with E-state index in [4.69, 9.17) is 9.84 Å². The molecule has 8 nitrogen and oxygen atoms in total. The van der Waals surface area contributed by atoms with Gasteiger partial charge in [-0.1, -0.05) is 13.8 Å². The highest BCUT2D eigenvalue weighted by Gasteiger charge is 2.32. The first kappa shape index (κ1) is 23.6. The van der Waals surface area contributed by atoms with Crippen molar-refractivity contribution in [3.8, 4) is 0 Å². The third-order valence-electron chi connectivity index (χ3n) is 3.41. The third-order valence-corrected chi connectivity index (χ3v) is 4.31. The van der Waals surface area contributed by atoms with Gasteiger partial charge in [-0.2, -0.15) is 11.4 Å². The summed E-state index contributed by atoms with van der Waals surface area (Å²) < 4.78 is 4.91. The highest BCUT2D eigenvalue weighted by Crippen LogP contribution is 2.19. The number of nitrogens with one attached hydrogen (secondary N) is 2. The lowest BCUT2D eigenvalue weighted by Crippen LogP contribution is -2.46. The van der Waals surface area contributed by atoms with E-state index in [9.17, 15) is 19.8 Å². The van der Waals surface area contributed by atoms with Crippen molar-refractivity contribution in [2.45, 2.75) is 33.3 Å². The Morgan fingerprint density at radius 1 is 1.28 bits per heavy atom. The molecule has 1 atom stereocenters. The van der Waals surface area contributed by atoms with Gasteiger partial charge >= 0.3 is 0 Å². The van der Waals surface area contributed by atoms with Crippen LogP contribution in [0.3, 0.4) is 0 Å². The summed E-state index contributed by atoms with van der Waals surface area (Å²) in [5.74, 6) is 0.275. The van der Waals surface area contributed by atoms with Crippen LogP contribution in [0.15, 0.2) is 11.8 Å². The average molecular weight is 378 g/mol. The number of carbonyl (C=O) groups is 2. The van der Waals surface area contributed by atoms with Crippen LogP contribution in [0.25, 0.3) is 0 Å². The van der Waals surface area contributed by atoms with Crippen LogP contribution in [0.2, 0.25) is 0 Å². The van der Waals surface area contributed by atoms with Gasteiger partial charge in [-0.3, -0.25) is 9.59 Å². The Labute approximate surface area is 152 Å². The highest BCUT2D eigenvalue weighted by atomic mass is 32.1. The van der Waals surface area contributed by atoms with Gasteiger partial charge < -0.3 is 30.7 Å². The second-order valence-electron chi connectivity index (χ2n) is 6.14. The summed E-state index contributed by atoms with van der Waals surface area (Å²) in [5.41, 5.74) is -0.945. The van der Waals surface area contributed by atoms with Crippen molar-refractivity contribution in [3.05, 3.63) is 11.8 Å². The van der Waals surface area contributed by atoms with Gasteiger partial charge in [-0.25, -0.2) is 0 Å². The van der Waals surface area contributed by atoms with Gasteiger partial charge in [0.2, 0.25) is 11.8 Å². The monoisotopic (exact) mass is 378 g/mol. The molecule has 0 unspecified atom stereocenters. The molecule has 0 aliphatic carbocycles. The Morgan fingerprint density at radius 3 is 2.48 bits per heavy atom. The van der Waals surface area contributed by atoms with Crippen molar-refractivity contribution in [2.24, 2.45) is 5.41 Å². The number of aliphatic hydroxyl groups is 3. The van der Waals surface area contributed by atoms with E-state index in [1.54, 1.807) is 20.8 Å². The van der Waals surface area contributed by atoms with Crippen molar-refractivity contribution in [2.75, 3.05) is 32.6 Å². The van der Waals surface area contributed by atoms with Crippen LogP contribution in [-0.2, 0) is 14.3 Å². The Morgan fingerprint density at radius 2 is 1.92 bits per heavy atom. The smallest absolute Gasteiger partial charge is 0.249 e. The molecule has 25 heavy (non-hydrogen) atoms. The molecule has 0 rings (SSSR count).